The molecule has 0 bridgehead atoms. The molecule has 0 amide bonds. The molecule has 0 unspecified atom stereocenters. The van der Waals surface area contributed by atoms with Crippen LogP contribution in [0.4, 0.5) is 24.7 Å². The Kier molecular flexibility index (Phi) is 8.00. The largest absolute Gasteiger partial charge is 0.432 e. The molecule has 0 radical (unpaired) electrons. The van der Waals surface area contributed by atoms with Crippen LogP contribution in [0.25, 0.3) is 10.9 Å². The van der Waals surface area contributed by atoms with Gasteiger partial charge in [0, 0.05) is 10.7 Å². The van der Waals surface area contributed by atoms with Crippen LogP contribution >= 0.6 is 19.4 Å². The van der Waals surface area contributed by atoms with Gasteiger partial charge in [-0.25, -0.2) is 9.97 Å². The van der Waals surface area contributed by atoms with Crippen LogP contribution in [0.3, 0.4) is 0 Å². The van der Waals surface area contributed by atoms with Gasteiger partial charge in [-0.05, 0) is 87.8 Å². The minimum Gasteiger partial charge on any atom is -0.432 e. The summed E-state index contributed by atoms with van der Waals surface area (Å²) in [6, 6.07) is 16.1. The number of hydrogen-bond donors (Lipinski definition) is 2. The fraction of sp³-hybridized carbons (Fsp3) is 0.250. The van der Waals surface area contributed by atoms with Gasteiger partial charge in [-0.15, -0.1) is 0 Å². The molecular formula is C28H28F3N4O2PS. The molecule has 0 fully saturated rings. The van der Waals surface area contributed by atoms with Crippen molar-refractivity contribution in [1.82, 2.24) is 9.97 Å². The van der Waals surface area contributed by atoms with Crippen LogP contribution in [0.1, 0.15) is 35.5 Å². The predicted octanol–water partition coefficient (Wildman–Crippen LogP) is 7.46. The van der Waals surface area contributed by atoms with E-state index < -0.39 is 24.9 Å². The summed E-state index contributed by atoms with van der Waals surface area (Å²) in [5.41, 5.74) is 0.989. The first-order valence-corrected chi connectivity index (χ1v) is 15.1. The monoisotopic (exact) mass is 572 g/mol. The lowest BCUT2D eigenvalue weighted by Crippen LogP contribution is -2.22. The number of nitrogens with zero attached hydrogens (tertiary/aromatic N) is 2. The summed E-state index contributed by atoms with van der Waals surface area (Å²) >= 11 is 5.39. The Hall–Kier alpha value is -3.49. The number of nitrogens with one attached hydrogen (secondary N) is 2. The van der Waals surface area contributed by atoms with Crippen LogP contribution in [-0.2, 0) is 10.7 Å². The summed E-state index contributed by atoms with van der Waals surface area (Å²) in [6.45, 7) is 8.22. The zero-order valence-electron chi connectivity index (χ0n) is 22.1. The summed E-state index contributed by atoms with van der Waals surface area (Å²) in [7, 11) is -2.84. The fourth-order valence-corrected chi connectivity index (χ4v) is 5.73. The first-order valence-electron chi connectivity index (χ1n) is 12.1. The van der Waals surface area contributed by atoms with Gasteiger partial charge in [0.25, 0.3) is 5.17 Å². The van der Waals surface area contributed by atoms with Crippen LogP contribution in [0.2, 0.25) is 0 Å². The van der Waals surface area contributed by atoms with Gasteiger partial charge in [-0.3, -0.25) is 0 Å². The maximum Gasteiger partial charge on any atom is 0.416 e. The van der Waals surface area contributed by atoms with Crippen LogP contribution in [0.15, 0.2) is 60.7 Å². The maximum absolute atomic E-state index is 13.5. The lowest BCUT2D eigenvalue weighted by molar-refractivity contribution is -0.138. The Morgan fingerprint density at radius 3 is 2.36 bits per heavy atom. The maximum atomic E-state index is 13.5. The summed E-state index contributed by atoms with van der Waals surface area (Å²) in [6.07, 6.45) is -4.45. The van der Waals surface area contributed by atoms with Gasteiger partial charge >= 0.3 is 6.18 Å². The van der Waals surface area contributed by atoms with E-state index in [4.69, 9.17) is 17.0 Å². The Balaban J connectivity index is 1.74. The topological polar surface area (TPSA) is 76.1 Å². The zero-order valence-corrected chi connectivity index (χ0v) is 23.8. The van der Waals surface area contributed by atoms with E-state index in [1.54, 1.807) is 57.5 Å². The number of anilines is 2. The van der Waals surface area contributed by atoms with Gasteiger partial charge in [0.1, 0.15) is 24.5 Å². The van der Waals surface area contributed by atoms with E-state index in [1.807, 2.05) is 18.2 Å². The summed E-state index contributed by atoms with van der Waals surface area (Å²) in [5, 5.41) is 7.46. The third kappa shape index (κ3) is 6.57. The van der Waals surface area contributed by atoms with Crippen molar-refractivity contribution < 1.29 is 22.5 Å². The highest BCUT2D eigenvalue weighted by atomic mass is 32.1. The Labute approximate surface area is 230 Å². The Bertz CT molecular complexity index is 1590. The highest BCUT2D eigenvalue weighted by molar-refractivity contribution is 7.80. The Morgan fingerprint density at radius 1 is 1.03 bits per heavy atom. The number of hydrogen-bond acceptors (Lipinski definition) is 6. The van der Waals surface area contributed by atoms with Gasteiger partial charge in [0.2, 0.25) is 0 Å². The van der Waals surface area contributed by atoms with Gasteiger partial charge < -0.3 is 19.9 Å². The third-order valence-electron chi connectivity index (χ3n) is 6.20. The van der Waals surface area contributed by atoms with Gasteiger partial charge in [-0.1, -0.05) is 30.3 Å². The van der Waals surface area contributed by atoms with E-state index in [-0.39, 0.29) is 10.7 Å². The van der Waals surface area contributed by atoms with E-state index in [2.05, 4.69) is 20.6 Å². The molecule has 0 saturated carbocycles. The number of aryl methyl sites for hydroxylation is 1. The average Bonchev–Trinajstić information content (AvgIpc) is 2.82. The second-order valence-corrected chi connectivity index (χ2v) is 13.1. The van der Waals surface area contributed by atoms with Crippen molar-refractivity contribution in [3.63, 3.8) is 0 Å². The van der Waals surface area contributed by atoms with Gasteiger partial charge in [0.05, 0.1) is 22.8 Å². The highest BCUT2D eigenvalue weighted by Gasteiger charge is 2.33. The van der Waals surface area contributed by atoms with Crippen molar-refractivity contribution in [2.75, 3.05) is 24.0 Å². The minimum atomic E-state index is -4.45. The number of aromatic nitrogens is 2. The Morgan fingerprint density at radius 2 is 1.72 bits per heavy atom. The fourth-order valence-electron chi connectivity index (χ4n) is 4.38. The van der Waals surface area contributed by atoms with Crippen molar-refractivity contribution in [2.45, 2.75) is 33.0 Å². The number of benzene rings is 3. The molecule has 0 spiro atoms. The summed E-state index contributed by atoms with van der Waals surface area (Å²) in [4.78, 5) is 9.07. The predicted molar refractivity (Wildman–Crippen MR) is 155 cm³/mol. The van der Waals surface area contributed by atoms with Crippen LogP contribution in [0.5, 0.6) is 5.75 Å². The number of halogens is 3. The van der Waals surface area contributed by atoms with E-state index in [1.165, 1.54) is 13.0 Å². The van der Waals surface area contributed by atoms with Gasteiger partial charge in [-0.2, -0.15) is 13.2 Å². The SMILES string of the molecule is Cc1nc(N[C@H](C)c2cccc(C(F)(F)F)c2C)c2cc(P(C)(C)=O)c(NC(=S)Oc3ccccc3)cc2n1. The third-order valence-corrected chi connectivity index (χ3v) is 7.91. The molecule has 204 valence electrons. The van der Waals surface area contributed by atoms with Crippen LogP contribution < -0.4 is 20.7 Å². The first-order chi connectivity index (χ1) is 18.2. The molecule has 0 aliphatic rings. The van der Waals surface area contributed by atoms with E-state index in [9.17, 15) is 17.7 Å². The summed E-state index contributed by atoms with van der Waals surface area (Å²) in [5.74, 6) is 1.43. The van der Waals surface area contributed by atoms with Crippen molar-refractivity contribution >= 4 is 52.2 Å². The van der Waals surface area contributed by atoms with Gasteiger partial charge in [0.15, 0.2) is 0 Å². The highest BCUT2D eigenvalue weighted by Crippen LogP contribution is 2.41. The molecule has 1 heterocycles. The van der Waals surface area contributed by atoms with Crippen LogP contribution in [0, 0.1) is 13.8 Å². The van der Waals surface area contributed by atoms with E-state index in [0.717, 1.165) is 6.07 Å². The molecule has 4 rings (SSSR count). The summed E-state index contributed by atoms with van der Waals surface area (Å²) < 4.78 is 59.5. The van der Waals surface area contributed by atoms with Crippen molar-refractivity contribution in [1.29, 1.82) is 0 Å². The molecule has 2 N–H and O–H groups in total. The molecule has 0 saturated heterocycles. The number of rotatable bonds is 6. The molecule has 3 aromatic carbocycles. The molecule has 39 heavy (non-hydrogen) atoms. The molecule has 1 aromatic heterocycles. The normalized spacial score (nSPS) is 12.7. The number of fused-ring (bicyclic) bond motifs is 1. The number of ether oxygens (including phenoxy) is 1. The molecular weight excluding hydrogens is 544 g/mol. The van der Waals surface area contributed by atoms with Crippen molar-refractivity contribution in [3.05, 3.63) is 83.2 Å². The smallest absolute Gasteiger partial charge is 0.416 e. The number of para-hydroxylation sites is 1. The quantitative estimate of drug-likeness (QED) is 0.183. The standard InChI is InChI=1S/C28H28F3N4O2PS/c1-16-20(12-9-13-22(16)28(29,30)31)17(2)32-26-21-14-25(38(4,5)36)24(15-23(21)33-18(3)34-26)35-27(39)37-19-10-7-6-8-11-19/h6-15,17H,1-5H3,(H,35,39)(H,32,33,34)/t17-/m1/s1. The lowest BCUT2D eigenvalue weighted by atomic mass is 9.97. The molecule has 6 nitrogen and oxygen atoms in total. The number of thiocarbonyl (C=S) groups is 1. The lowest BCUT2D eigenvalue weighted by Gasteiger charge is -2.22. The molecule has 1 atom stereocenters. The van der Waals surface area contributed by atoms with Crippen LogP contribution in [-0.4, -0.2) is 28.5 Å². The second kappa shape index (κ2) is 10.9. The van der Waals surface area contributed by atoms with Crippen molar-refractivity contribution in [3.8, 4) is 5.75 Å². The minimum absolute atomic E-state index is 0.0769. The average molecular weight is 573 g/mol. The molecule has 0 aliphatic heterocycles. The zero-order chi connectivity index (χ0) is 28.5. The molecule has 11 heteroatoms. The first kappa shape index (κ1) is 28.5. The van der Waals surface area contributed by atoms with Crippen molar-refractivity contribution in [2.24, 2.45) is 0 Å². The van der Waals surface area contributed by atoms with E-state index >= 15 is 0 Å². The second-order valence-electron chi connectivity index (χ2n) is 9.57. The molecule has 4 aromatic rings. The number of alkyl halides is 3. The molecule has 0 aliphatic carbocycles. The van der Waals surface area contributed by atoms with E-state index in [0.29, 0.717) is 44.9 Å².